The molecule has 13 heavy (non-hydrogen) atoms. The van der Waals surface area contributed by atoms with Crippen LogP contribution in [0.3, 0.4) is 0 Å². The molecule has 1 aromatic carbocycles. The van der Waals surface area contributed by atoms with E-state index in [4.69, 9.17) is 21.1 Å². The molecule has 1 aromatic rings. The molecule has 0 N–H and O–H groups in total. The molecular formula is C9H11ClO2S. The predicted molar refractivity (Wildman–Crippen MR) is 55.7 cm³/mol. The lowest BCUT2D eigenvalue weighted by Gasteiger charge is -2.09. The highest BCUT2D eigenvalue weighted by molar-refractivity contribution is 7.98. The summed E-state index contributed by atoms with van der Waals surface area (Å²) in [6, 6.07) is 5.57. The Kier molecular flexibility index (Phi) is 4.42. The Morgan fingerprint density at radius 1 is 1.46 bits per heavy atom. The van der Waals surface area contributed by atoms with Crippen LogP contribution < -0.4 is 4.74 Å². The first-order valence-corrected chi connectivity index (χ1v) is 5.34. The van der Waals surface area contributed by atoms with Crippen LogP contribution in [0.15, 0.2) is 23.1 Å². The van der Waals surface area contributed by atoms with Crippen LogP contribution >= 0.6 is 23.4 Å². The van der Waals surface area contributed by atoms with E-state index in [1.54, 1.807) is 18.9 Å². The third kappa shape index (κ3) is 2.79. The molecule has 0 atom stereocenters. The molecule has 0 aromatic heterocycles. The average molecular weight is 219 g/mol. The third-order valence-electron chi connectivity index (χ3n) is 1.47. The topological polar surface area (TPSA) is 18.5 Å². The number of rotatable bonds is 4. The van der Waals surface area contributed by atoms with Gasteiger partial charge in [0.05, 0.1) is 9.92 Å². The highest BCUT2D eigenvalue weighted by Gasteiger charge is 2.05. The maximum absolute atomic E-state index is 5.97. The van der Waals surface area contributed by atoms with Gasteiger partial charge in [0.25, 0.3) is 0 Å². The summed E-state index contributed by atoms with van der Waals surface area (Å²) in [5.41, 5.74) is 0. The van der Waals surface area contributed by atoms with E-state index in [1.165, 1.54) is 0 Å². The minimum Gasteiger partial charge on any atom is -0.466 e. The number of benzene rings is 1. The zero-order valence-electron chi connectivity index (χ0n) is 7.54. The molecule has 0 unspecified atom stereocenters. The van der Waals surface area contributed by atoms with Gasteiger partial charge in [-0.15, -0.1) is 11.8 Å². The monoisotopic (exact) mass is 218 g/mol. The number of ether oxygens (including phenoxy) is 2. The maximum Gasteiger partial charge on any atom is 0.188 e. The van der Waals surface area contributed by atoms with E-state index in [0.717, 1.165) is 10.6 Å². The lowest BCUT2D eigenvalue weighted by molar-refractivity contribution is 0.0492. The molecule has 0 saturated heterocycles. The normalized spacial score (nSPS) is 10.1. The van der Waals surface area contributed by atoms with Gasteiger partial charge >= 0.3 is 0 Å². The zero-order chi connectivity index (χ0) is 9.68. The first kappa shape index (κ1) is 10.7. The molecule has 0 spiro atoms. The van der Waals surface area contributed by atoms with Crippen molar-refractivity contribution in [3.8, 4) is 5.75 Å². The van der Waals surface area contributed by atoms with Crippen molar-refractivity contribution in [3.63, 3.8) is 0 Å². The quantitative estimate of drug-likeness (QED) is 0.572. The summed E-state index contributed by atoms with van der Waals surface area (Å²) in [5.74, 6) is 0.766. The third-order valence-corrected chi connectivity index (χ3v) is 2.72. The number of hydrogen-bond acceptors (Lipinski definition) is 3. The van der Waals surface area contributed by atoms with Gasteiger partial charge in [-0.2, -0.15) is 0 Å². The van der Waals surface area contributed by atoms with Crippen molar-refractivity contribution >= 4 is 23.4 Å². The molecule has 4 heteroatoms. The molecule has 72 valence electrons. The summed E-state index contributed by atoms with van der Waals surface area (Å²) in [7, 11) is 1.59. The van der Waals surface area contributed by atoms with Gasteiger partial charge in [0.1, 0.15) is 5.75 Å². The van der Waals surface area contributed by atoms with Crippen molar-refractivity contribution < 1.29 is 9.47 Å². The number of hydrogen-bond donors (Lipinski definition) is 0. The van der Waals surface area contributed by atoms with Gasteiger partial charge in [-0.3, -0.25) is 0 Å². The summed E-state index contributed by atoms with van der Waals surface area (Å²) in [6.45, 7) is 0.244. The number of thioether (sulfide) groups is 1. The molecule has 0 amide bonds. The van der Waals surface area contributed by atoms with Crippen molar-refractivity contribution in [2.45, 2.75) is 4.90 Å². The van der Waals surface area contributed by atoms with Crippen LogP contribution in [0.5, 0.6) is 5.75 Å². The second-order valence-corrected chi connectivity index (χ2v) is 3.55. The van der Waals surface area contributed by atoms with Crippen LogP contribution in [0.25, 0.3) is 0 Å². The van der Waals surface area contributed by atoms with Crippen molar-refractivity contribution in [1.29, 1.82) is 0 Å². The van der Waals surface area contributed by atoms with Gasteiger partial charge < -0.3 is 9.47 Å². The van der Waals surface area contributed by atoms with Crippen LogP contribution in [-0.2, 0) is 4.74 Å². The largest absolute Gasteiger partial charge is 0.466 e. The smallest absolute Gasteiger partial charge is 0.188 e. The van der Waals surface area contributed by atoms with Gasteiger partial charge in [0.15, 0.2) is 6.79 Å². The van der Waals surface area contributed by atoms with Crippen molar-refractivity contribution in [1.82, 2.24) is 0 Å². The highest BCUT2D eigenvalue weighted by atomic mass is 35.5. The molecule has 0 heterocycles. The van der Waals surface area contributed by atoms with Crippen LogP contribution in [0.2, 0.25) is 5.02 Å². The highest BCUT2D eigenvalue weighted by Crippen LogP contribution is 2.34. The molecule has 0 aliphatic carbocycles. The maximum atomic E-state index is 5.97. The Hall–Kier alpha value is -0.380. The summed E-state index contributed by atoms with van der Waals surface area (Å²) < 4.78 is 10.1. The Balaban J connectivity index is 2.85. The van der Waals surface area contributed by atoms with E-state index < -0.39 is 0 Å². The van der Waals surface area contributed by atoms with E-state index in [2.05, 4.69) is 0 Å². The number of methoxy groups -OCH3 is 1. The Bertz CT molecular complexity index is 278. The van der Waals surface area contributed by atoms with Gasteiger partial charge in [-0.05, 0) is 18.4 Å². The Morgan fingerprint density at radius 3 is 2.85 bits per heavy atom. The molecule has 0 fully saturated rings. The zero-order valence-corrected chi connectivity index (χ0v) is 9.11. The van der Waals surface area contributed by atoms with Crippen molar-refractivity contribution in [3.05, 3.63) is 23.2 Å². The SMILES string of the molecule is COCOc1cccc(Cl)c1SC. The lowest BCUT2D eigenvalue weighted by atomic mass is 10.3. The summed E-state index contributed by atoms with van der Waals surface area (Å²) in [5, 5.41) is 0.709. The molecule has 2 nitrogen and oxygen atoms in total. The van der Waals surface area contributed by atoms with Crippen molar-refractivity contribution in [2.75, 3.05) is 20.2 Å². The first-order chi connectivity index (χ1) is 6.29. The first-order valence-electron chi connectivity index (χ1n) is 3.74. The van der Waals surface area contributed by atoms with Crippen LogP contribution in [0.4, 0.5) is 0 Å². The van der Waals surface area contributed by atoms with Gasteiger partial charge in [0.2, 0.25) is 0 Å². The van der Waals surface area contributed by atoms with Gasteiger partial charge in [-0.25, -0.2) is 0 Å². The van der Waals surface area contributed by atoms with Gasteiger partial charge in [-0.1, -0.05) is 17.7 Å². The fourth-order valence-electron chi connectivity index (χ4n) is 0.923. The van der Waals surface area contributed by atoms with Crippen LogP contribution in [-0.4, -0.2) is 20.2 Å². The summed E-state index contributed by atoms with van der Waals surface area (Å²) >= 11 is 7.53. The fourth-order valence-corrected chi connectivity index (χ4v) is 1.91. The minimum atomic E-state index is 0.244. The second-order valence-electron chi connectivity index (χ2n) is 2.32. The molecule has 0 aliphatic heterocycles. The molecule has 0 aliphatic rings. The van der Waals surface area contributed by atoms with Gasteiger partial charge in [0, 0.05) is 7.11 Å². The van der Waals surface area contributed by atoms with Crippen LogP contribution in [0, 0.1) is 0 Å². The molecule has 0 bridgehead atoms. The Morgan fingerprint density at radius 2 is 2.23 bits per heavy atom. The lowest BCUT2D eigenvalue weighted by Crippen LogP contribution is -1.99. The second kappa shape index (κ2) is 5.37. The van der Waals surface area contributed by atoms with E-state index in [1.807, 2.05) is 24.5 Å². The molecular weight excluding hydrogens is 208 g/mol. The van der Waals surface area contributed by atoms with Crippen molar-refractivity contribution in [2.24, 2.45) is 0 Å². The molecule has 0 saturated carbocycles. The van der Waals surface area contributed by atoms with E-state index >= 15 is 0 Å². The fraction of sp³-hybridized carbons (Fsp3) is 0.333. The number of halogens is 1. The molecule has 1 rings (SSSR count). The average Bonchev–Trinajstić information content (AvgIpc) is 2.15. The summed E-state index contributed by atoms with van der Waals surface area (Å²) in [6.07, 6.45) is 1.96. The van der Waals surface area contributed by atoms with Crippen LogP contribution in [0.1, 0.15) is 0 Å². The predicted octanol–water partition coefficient (Wildman–Crippen LogP) is 3.04. The van der Waals surface area contributed by atoms with E-state index in [9.17, 15) is 0 Å². The van der Waals surface area contributed by atoms with E-state index in [0.29, 0.717) is 5.02 Å². The molecule has 0 radical (unpaired) electrons. The minimum absolute atomic E-state index is 0.244. The van der Waals surface area contributed by atoms with E-state index in [-0.39, 0.29) is 6.79 Å². The summed E-state index contributed by atoms with van der Waals surface area (Å²) in [4.78, 5) is 0.946. The Labute approximate surface area is 87.2 Å². The standard InChI is InChI=1S/C9H11ClO2S/c1-11-6-12-8-5-3-4-7(10)9(8)13-2/h3-5H,6H2,1-2H3.